The molecule has 0 aromatic carbocycles. The molecule has 2 rings (SSSR count). The number of nitrogens with two attached hydrogens (primary N) is 1. The normalized spacial score (nSPS) is 14.8. The van der Waals surface area contributed by atoms with Crippen LogP contribution in [-0.2, 0) is 11.2 Å². The number of morpholine rings is 1. The Labute approximate surface area is 190 Å². The van der Waals surface area contributed by atoms with Gasteiger partial charge in [-0.1, -0.05) is 19.1 Å². The highest BCUT2D eigenvalue weighted by molar-refractivity contribution is 7.80. The number of rotatable bonds is 9. The van der Waals surface area contributed by atoms with Crippen LogP contribution in [0.15, 0.2) is 26.6 Å². The summed E-state index contributed by atoms with van der Waals surface area (Å²) in [6, 6.07) is 3.92. The van der Waals surface area contributed by atoms with Crippen molar-refractivity contribution in [1.82, 2.24) is 15.6 Å². The summed E-state index contributed by atoms with van der Waals surface area (Å²) in [6.07, 6.45) is 5.52. The summed E-state index contributed by atoms with van der Waals surface area (Å²) in [4.78, 5) is 7.24. The lowest BCUT2D eigenvalue weighted by Gasteiger charge is -2.26. The van der Waals surface area contributed by atoms with Crippen LogP contribution in [0.4, 0.5) is 0 Å². The molecule has 30 heavy (non-hydrogen) atoms. The SMILES string of the molecule is CCCC(N)=S.CN=C(/C=N/NC(=S)NC)c1ccc(CCCN2CCOCC2)o1. The summed E-state index contributed by atoms with van der Waals surface area (Å²) in [6.45, 7) is 6.85. The largest absolute Gasteiger partial charge is 0.459 e. The molecule has 2 heterocycles. The van der Waals surface area contributed by atoms with Gasteiger partial charge in [0.15, 0.2) is 10.9 Å². The zero-order valence-corrected chi connectivity index (χ0v) is 19.8. The van der Waals surface area contributed by atoms with E-state index in [2.05, 4.69) is 44.9 Å². The Kier molecular flexibility index (Phi) is 13.9. The van der Waals surface area contributed by atoms with Gasteiger partial charge in [0.1, 0.15) is 11.5 Å². The summed E-state index contributed by atoms with van der Waals surface area (Å²) in [5, 5.41) is 7.27. The number of aryl methyl sites for hydroxylation is 1. The van der Waals surface area contributed by atoms with Crippen LogP contribution >= 0.6 is 24.4 Å². The fourth-order valence-corrected chi connectivity index (χ4v) is 2.89. The van der Waals surface area contributed by atoms with Crippen LogP contribution in [0.25, 0.3) is 0 Å². The van der Waals surface area contributed by atoms with Gasteiger partial charge in [0, 0.05) is 33.6 Å². The first-order chi connectivity index (χ1) is 14.5. The van der Waals surface area contributed by atoms with Crippen molar-refractivity contribution in [3.05, 3.63) is 23.7 Å². The molecule has 0 unspecified atom stereocenters. The van der Waals surface area contributed by atoms with Gasteiger partial charge in [-0.25, -0.2) is 0 Å². The number of furan rings is 1. The lowest BCUT2D eigenvalue weighted by atomic mass is 10.2. The second-order valence-electron chi connectivity index (χ2n) is 6.60. The molecule has 1 aromatic rings. The summed E-state index contributed by atoms with van der Waals surface area (Å²) in [5.41, 5.74) is 8.50. The van der Waals surface area contributed by atoms with Crippen molar-refractivity contribution in [2.45, 2.75) is 32.6 Å². The molecule has 8 nitrogen and oxygen atoms in total. The number of nitrogens with one attached hydrogen (secondary N) is 2. The summed E-state index contributed by atoms with van der Waals surface area (Å²) in [7, 11) is 3.44. The van der Waals surface area contributed by atoms with Gasteiger partial charge in [-0.2, -0.15) is 5.10 Å². The van der Waals surface area contributed by atoms with Gasteiger partial charge in [0.05, 0.1) is 24.4 Å². The minimum atomic E-state index is 0.449. The fraction of sp³-hybridized carbons (Fsp3) is 0.600. The Balaban J connectivity index is 0.000000656. The number of hydrogen-bond acceptors (Lipinski definition) is 7. The Morgan fingerprint density at radius 1 is 1.30 bits per heavy atom. The molecular formula is C20H34N6O2S2. The lowest BCUT2D eigenvalue weighted by molar-refractivity contribution is 0.0373. The van der Waals surface area contributed by atoms with Gasteiger partial charge in [-0.3, -0.25) is 15.3 Å². The topological polar surface area (TPSA) is 100 Å². The van der Waals surface area contributed by atoms with Crippen LogP contribution in [-0.4, -0.2) is 73.9 Å². The number of thiocarbonyl (C=S) groups is 2. The molecular weight excluding hydrogens is 420 g/mol. The molecule has 1 aliphatic heterocycles. The Hall–Kier alpha value is -1.88. The van der Waals surface area contributed by atoms with Crippen LogP contribution in [0.3, 0.4) is 0 Å². The highest BCUT2D eigenvalue weighted by Gasteiger charge is 2.11. The first-order valence-corrected chi connectivity index (χ1v) is 11.0. The number of hydrogen-bond donors (Lipinski definition) is 3. The molecule has 10 heteroatoms. The van der Waals surface area contributed by atoms with Gasteiger partial charge < -0.3 is 20.2 Å². The first-order valence-electron chi connectivity index (χ1n) is 10.1. The van der Waals surface area contributed by atoms with Crippen molar-refractivity contribution in [2.24, 2.45) is 15.8 Å². The Morgan fingerprint density at radius 3 is 2.60 bits per heavy atom. The lowest BCUT2D eigenvalue weighted by Crippen LogP contribution is -2.36. The molecule has 1 aliphatic rings. The number of hydrazone groups is 1. The molecule has 0 amide bonds. The van der Waals surface area contributed by atoms with E-state index in [1.54, 1.807) is 20.3 Å². The molecule has 1 fully saturated rings. The number of nitrogens with zero attached hydrogens (tertiary/aromatic N) is 3. The molecule has 0 aliphatic carbocycles. The molecule has 1 saturated heterocycles. The van der Waals surface area contributed by atoms with Crippen molar-refractivity contribution >= 4 is 46.5 Å². The van der Waals surface area contributed by atoms with E-state index in [0.29, 0.717) is 21.6 Å². The van der Waals surface area contributed by atoms with Gasteiger partial charge in [0.2, 0.25) is 0 Å². The molecule has 4 N–H and O–H groups in total. The third kappa shape index (κ3) is 11.3. The van der Waals surface area contributed by atoms with E-state index in [4.69, 9.17) is 27.1 Å². The second-order valence-corrected chi connectivity index (χ2v) is 7.53. The predicted octanol–water partition coefficient (Wildman–Crippen LogP) is 2.12. The van der Waals surface area contributed by atoms with Crippen LogP contribution in [0, 0.1) is 0 Å². The Morgan fingerprint density at radius 2 is 2.03 bits per heavy atom. The van der Waals surface area contributed by atoms with E-state index in [0.717, 1.165) is 64.3 Å². The van der Waals surface area contributed by atoms with Crippen molar-refractivity contribution in [2.75, 3.05) is 46.9 Å². The van der Waals surface area contributed by atoms with Gasteiger partial charge in [-0.15, -0.1) is 0 Å². The number of ether oxygens (including phenoxy) is 1. The standard InChI is InChI=1S/C16H25N5O2S.C4H9NS/c1-17-14(12-19-20-16(24)18-2)15-6-5-13(23-15)4-3-7-21-8-10-22-11-9-21;1-2-3-4(5)6/h5-6,12H,3-4,7-11H2,1-2H3,(H2,18,20,24);2-3H2,1H3,(H2,5,6)/b17-14?,19-12+;. The molecule has 1 aromatic heterocycles. The van der Waals surface area contributed by atoms with E-state index < -0.39 is 0 Å². The fourth-order valence-electron chi connectivity index (χ4n) is 2.64. The van der Waals surface area contributed by atoms with E-state index in [1.165, 1.54) is 0 Å². The minimum absolute atomic E-state index is 0.449. The maximum absolute atomic E-state index is 5.87. The first kappa shape index (κ1) is 26.2. The molecule has 168 valence electrons. The molecule has 0 bridgehead atoms. The third-order valence-corrected chi connectivity index (χ3v) is 4.73. The zero-order chi connectivity index (χ0) is 22.2. The van der Waals surface area contributed by atoms with Gasteiger partial charge in [-0.05, 0) is 50.2 Å². The average molecular weight is 455 g/mol. The maximum atomic E-state index is 5.87. The number of aliphatic imine (C=N–C) groups is 1. The second kappa shape index (κ2) is 15.9. The van der Waals surface area contributed by atoms with E-state index in [-0.39, 0.29) is 0 Å². The van der Waals surface area contributed by atoms with Crippen molar-refractivity contribution in [3.8, 4) is 0 Å². The Bertz CT molecular complexity index is 699. The van der Waals surface area contributed by atoms with Crippen LogP contribution in [0.5, 0.6) is 0 Å². The van der Waals surface area contributed by atoms with Gasteiger partial charge in [0.25, 0.3) is 0 Å². The average Bonchev–Trinajstić information content (AvgIpc) is 3.21. The van der Waals surface area contributed by atoms with E-state index in [1.807, 2.05) is 12.1 Å². The zero-order valence-electron chi connectivity index (χ0n) is 18.1. The van der Waals surface area contributed by atoms with Crippen LogP contribution < -0.4 is 16.5 Å². The summed E-state index contributed by atoms with van der Waals surface area (Å²) < 4.78 is 11.2. The van der Waals surface area contributed by atoms with E-state index >= 15 is 0 Å². The molecule has 0 radical (unpaired) electrons. The van der Waals surface area contributed by atoms with Crippen molar-refractivity contribution < 1.29 is 9.15 Å². The van der Waals surface area contributed by atoms with E-state index in [9.17, 15) is 0 Å². The molecule has 0 saturated carbocycles. The molecule has 0 atom stereocenters. The summed E-state index contributed by atoms with van der Waals surface area (Å²) in [5.74, 6) is 1.67. The predicted molar refractivity (Wildman–Crippen MR) is 132 cm³/mol. The quantitative estimate of drug-likeness (QED) is 0.296. The van der Waals surface area contributed by atoms with Crippen LogP contribution in [0.1, 0.15) is 37.7 Å². The summed E-state index contributed by atoms with van der Waals surface area (Å²) >= 11 is 9.53. The molecule has 0 spiro atoms. The third-order valence-electron chi connectivity index (χ3n) is 4.23. The maximum Gasteiger partial charge on any atom is 0.186 e. The monoisotopic (exact) mass is 454 g/mol. The highest BCUT2D eigenvalue weighted by atomic mass is 32.1. The smallest absolute Gasteiger partial charge is 0.186 e. The van der Waals surface area contributed by atoms with Crippen molar-refractivity contribution in [3.63, 3.8) is 0 Å². The van der Waals surface area contributed by atoms with Crippen molar-refractivity contribution in [1.29, 1.82) is 0 Å². The van der Waals surface area contributed by atoms with Gasteiger partial charge >= 0.3 is 0 Å². The minimum Gasteiger partial charge on any atom is -0.459 e. The van der Waals surface area contributed by atoms with Crippen LogP contribution in [0.2, 0.25) is 0 Å². The highest BCUT2D eigenvalue weighted by Crippen LogP contribution is 2.11.